The van der Waals surface area contributed by atoms with Crippen LogP contribution in [0.25, 0.3) is 11.5 Å². The molecule has 0 saturated carbocycles. The second-order valence-electron chi connectivity index (χ2n) is 7.72. The normalized spacial score (nSPS) is 12.7. The van der Waals surface area contributed by atoms with Crippen molar-refractivity contribution in [3.63, 3.8) is 0 Å². The molecule has 8 heteroatoms. The summed E-state index contributed by atoms with van der Waals surface area (Å²) in [6.07, 6.45) is 1.96. The smallest absolute Gasteiger partial charge is 0.229 e. The van der Waals surface area contributed by atoms with Gasteiger partial charge in [-0.15, -0.1) is 0 Å². The van der Waals surface area contributed by atoms with Gasteiger partial charge in [-0.3, -0.25) is 9.62 Å². The van der Waals surface area contributed by atoms with Crippen LogP contribution < -0.4 is 9.46 Å². The fraction of sp³-hybridized carbons (Fsp3) is 0.348. The van der Waals surface area contributed by atoms with Crippen molar-refractivity contribution in [2.45, 2.75) is 32.9 Å². The maximum Gasteiger partial charge on any atom is 0.229 e. The SMILES string of the molecule is COc1ccccc1CC(C)N(C)Cc1nc(-c2ccccc2NS(C)(=O)=O)oc1C. The second-order valence-corrected chi connectivity index (χ2v) is 9.47. The summed E-state index contributed by atoms with van der Waals surface area (Å²) < 4.78 is 37.3. The number of nitrogens with zero attached hydrogens (tertiary/aromatic N) is 2. The van der Waals surface area contributed by atoms with Crippen molar-refractivity contribution in [3.8, 4) is 17.2 Å². The second kappa shape index (κ2) is 9.53. The minimum atomic E-state index is -3.41. The predicted octanol–water partition coefficient (Wildman–Crippen LogP) is 4.09. The molecule has 0 radical (unpaired) electrons. The molecule has 0 fully saturated rings. The van der Waals surface area contributed by atoms with Crippen LogP contribution in [0, 0.1) is 6.92 Å². The molecule has 166 valence electrons. The monoisotopic (exact) mass is 443 g/mol. The van der Waals surface area contributed by atoms with E-state index in [1.807, 2.05) is 38.2 Å². The summed E-state index contributed by atoms with van der Waals surface area (Å²) in [5.74, 6) is 1.99. The van der Waals surface area contributed by atoms with E-state index in [-0.39, 0.29) is 6.04 Å². The molecule has 2 aromatic carbocycles. The van der Waals surface area contributed by atoms with E-state index < -0.39 is 10.0 Å². The highest BCUT2D eigenvalue weighted by atomic mass is 32.2. The van der Waals surface area contributed by atoms with Gasteiger partial charge in [0.1, 0.15) is 11.5 Å². The summed E-state index contributed by atoms with van der Waals surface area (Å²) in [7, 11) is 0.318. The first kappa shape index (κ1) is 22.8. The maximum absolute atomic E-state index is 11.7. The highest BCUT2D eigenvalue weighted by Gasteiger charge is 2.19. The van der Waals surface area contributed by atoms with Gasteiger partial charge >= 0.3 is 0 Å². The number of hydrogen-bond donors (Lipinski definition) is 1. The van der Waals surface area contributed by atoms with Crippen LogP contribution in [-0.2, 0) is 23.0 Å². The van der Waals surface area contributed by atoms with E-state index in [0.717, 1.165) is 29.7 Å². The molecule has 0 aliphatic heterocycles. The number of aryl methyl sites for hydroxylation is 1. The maximum atomic E-state index is 11.7. The number of aromatic nitrogens is 1. The van der Waals surface area contributed by atoms with Crippen molar-refractivity contribution in [1.29, 1.82) is 0 Å². The number of likely N-dealkylation sites (N-methyl/N-ethyl adjacent to an activating group) is 1. The number of para-hydroxylation sites is 2. The molecule has 0 aliphatic rings. The summed E-state index contributed by atoms with van der Waals surface area (Å²) >= 11 is 0. The summed E-state index contributed by atoms with van der Waals surface area (Å²) in [4.78, 5) is 6.88. The van der Waals surface area contributed by atoms with Crippen molar-refractivity contribution in [1.82, 2.24) is 9.88 Å². The first-order chi connectivity index (χ1) is 14.7. The summed E-state index contributed by atoms with van der Waals surface area (Å²) in [6.45, 7) is 4.64. The van der Waals surface area contributed by atoms with Crippen LogP contribution in [0.4, 0.5) is 5.69 Å². The zero-order valence-electron chi connectivity index (χ0n) is 18.5. The van der Waals surface area contributed by atoms with Gasteiger partial charge in [0.15, 0.2) is 0 Å². The van der Waals surface area contributed by atoms with Gasteiger partial charge in [0.2, 0.25) is 15.9 Å². The standard InChI is InChI=1S/C23H29N3O4S/c1-16(14-18-10-6-9-13-22(18)29-4)26(3)15-21-17(2)30-23(24-21)19-11-7-8-12-20(19)25-31(5,27)28/h6-13,16,25H,14-15H2,1-5H3. The third kappa shape index (κ3) is 5.86. The number of benzene rings is 2. The lowest BCUT2D eigenvalue weighted by Gasteiger charge is -2.24. The number of sulfonamides is 1. The van der Waals surface area contributed by atoms with Crippen LogP contribution >= 0.6 is 0 Å². The average Bonchev–Trinajstić information content (AvgIpc) is 3.07. The van der Waals surface area contributed by atoms with Gasteiger partial charge in [0.25, 0.3) is 0 Å². The fourth-order valence-corrected chi connectivity index (χ4v) is 3.96. The van der Waals surface area contributed by atoms with Crippen LogP contribution in [0.3, 0.4) is 0 Å². The summed E-state index contributed by atoms with van der Waals surface area (Å²) in [6, 6.07) is 15.3. The Morgan fingerprint density at radius 3 is 2.55 bits per heavy atom. The van der Waals surface area contributed by atoms with Crippen LogP contribution in [-0.4, -0.2) is 44.8 Å². The van der Waals surface area contributed by atoms with Crippen LogP contribution in [0.1, 0.15) is 23.9 Å². The van der Waals surface area contributed by atoms with E-state index in [1.54, 1.807) is 25.3 Å². The van der Waals surface area contributed by atoms with Gasteiger partial charge < -0.3 is 9.15 Å². The Kier molecular flexibility index (Phi) is 7.02. The van der Waals surface area contributed by atoms with E-state index >= 15 is 0 Å². The topological polar surface area (TPSA) is 84.7 Å². The van der Waals surface area contributed by atoms with E-state index in [2.05, 4.69) is 27.6 Å². The van der Waals surface area contributed by atoms with Gasteiger partial charge in [0.05, 0.1) is 30.3 Å². The number of methoxy groups -OCH3 is 1. The first-order valence-electron chi connectivity index (χ1n) is 10.0. The zero-order valence-corrected chi connectivity index (χ0v) is 19.4. The molecule has 7 nitrogen and oxygen atoms in total. The molecule has 1 heterocycles. The molecule has 0 amide bonds. The quantitative estimate of drug-likeness (QED) is 0.536. The number of nitrogens with one attached hydrogen (secondary N) is 1. The van der Waals surface area contributed by atoms with Crippen LogP contribution in [0.2, 0.25) is 0 Å². The van der Waals surface area contributed by atoms with Crippen LogP contribution in [0.5, 0.6) is 5.75 Å². The number of ether oxygens (including phenoxy) is 1. The van der Waals surface area contributed by atoms with Gasteiger partial charge in [-0.1, -0.05) is 30.3 Å². The largest absolute Gasteiger partial charge is 0.496 e. The molecule has 0 bridgehead atoms. The van der Waals surface area contributed by atoms with Crippen molar-refractivity contribution in [2.75, 3.05) is 25.1 Å². The third-order valence-corrected chi connectivity index (χ3v) is 5.80. The van der Waals surface area contributed by atoms with Gasteiger partial charge in [-0.2, -0.15) is 0 Å². The predicted molar refractivity (Wildman–Crippen MR) is 123 cm³/mol. The molecule has 3 rings (SSSR count). The molecule has 0 saturated heterocycles. The molecule has 0 spiro atoms. The number of hydrogen-bond acceptors (Lipinski definition) is 6. The average molecular weight is 444 g/mol. The highest BCUT2D eigenvalue weighted by molar-refractivity contribution is 7.92. The van der Waals surface area contributed by atoms with Gasteiger partial charge in [-0.05, 0) is 51.1 Å². The third-order valence-electron chi connectivity index (χ3n) is 5.20. The molecule has 1 unspecified atom stereocenters. The molecule has 31 heavy (non-hydrogen) atoms. The van der Waals surface area contributed by atoms with Crippen LogP contribution in [0.15, 0.2) is 52.9 Å². The van der Waals surface area contributed by atoms with Crippen molar-refractivity contribution < 1.29 is 17.6 Å². The Labute approximate surface area is 184 Å². The fourth-order valence-electron chi connectivity index (χ4n) is 3.39. The molecular weight excluding hydrogens is 414 g/mol. The summed E-state index contributed by atoms with van der Waals surface area (Å²) in [5.41, 5.74) is 3.02. The number of oxazole rings is 1. The minimum absolute atomic E-state index is 0.245. The Balaban J connectivity index is 1.77. The molecule has 1 N–H and O–H groups in total. The van der Waals surface area contributed by atoms with Gasteiger partial charge in [-0.25, -0.2) is 13.4 Å². The number of rotatable bonds is 9. The Bertz CT molecular complexity index is 1140. The summed E-state index contributed by atoms with van der Waals surface area (Å²) in [5, 5.41) is 0. The number of anilines is 1. The lowest BCUT2D eigenvalue weighted by atomic mass is 10.0. The van der Waals surface area contributed by atoms with E-state index in [4.69, 9.17) is 9.15 Å². The molecule has 3 aromatic rings. The molecule has 1 aromatic heterocycles. The van der Waals surface area contributed by atoms with Crippen molar-refractivity contribution in [3.05, 3.63) is 65.5 Å². The van der Waals surface area contributed by atoms with E-state index in [0.29, 0.717) is 29.4 Å². The van der Waals surface area contributed by atoms with Crippen molar-refractivity contribution >= 4 is 15.7 Å². The molecular formula is C23H29N3O4S. The Morgan fingerprint density at radius 2 is 1.84 bits per heavy atom. The minimum Gasteiger partial charge on any atom is -0.496 e. The Morgan fingerprint density at radius 1 is 1.16 bits per heavy atom. The molecule has 1 atom stereocenters. The van der Waals surface area contributed by atoms with Crippen molar-refractivity contribution in [2.24, 2.45) is 0 Å². The lowest BCUT2D eigenvalue weighted by Crippen LogP contribution is -2.30. The van der Waals surface area contributed by atoms with Gasteiger partial charge in [0, 0.05) is 12.6 Å². The Hall–Kier alpha value is -2.84. The zero-order chi connectivity index (χ0) is 22.6. The van der Waals surface area contributed by atoms with E-state index in [9.17, 15) is 8.42 Å². The highest BCUT2D eigenvalue weighted by Crippen LogP contribution is 2.30. The van der Waals surface area contributed by atoms with E-state index in [1.165, 1.54) is 0 Å². The lowest BCUT2D eigenvalue weighted by molar-refractivity contribution is 0.243. The molecule has 0 aliphatic carbocycles. The first-order valence-corrected chi connectivity index (χ1v) is 11.9.